The van der Waals surface area contributed by atoms with Gasteiger partial charge in [0.1, 0.15) is 0 Å². The summed E-state index contributed by atoms with van der Waals surface area (Å²) in [4.78, 5) is 1.30. The van der Waals surface area contributed by atoms with Crippen LogP contribution in [-0.2, 0) is 6.42 Å². The molecule has 0 amide bonds. The van der Waals surface area contributed by atoms with Crippen LogP contribution >= 0.6 is 22.9 Å². The van der Waals surface area contributed by atoms with E-state index in [2.05, 4.69) is 10.7 Å². The van der Waals surface area contributed by atoms with Gasteiger partial charge in [-0.3, -0.25) is 5.84 Å². The van der Waals surface area contributed by atoms with Crippen LogP contribution in [0.1, 0.15) is 4.88 Å². The average Bonchev–Trinajstić information content (AvgIpc) is 2.45. The number of halogens is 1. The summed E-state index contributed by atoms with van der Waals surface area (Å²) >= 11 is 7.39. The molecule has 0 aliphatic carbocycles. The monoisotopic (exact) mass is 205 g/mol. The Hall–Kier alpha value is -0.130. The number of rotatable bonds is 5. The number of thiophene rings is 1. The first-order valence-electron chi connectivity index (χ1n) is 3.71. The van der Waals surface area contributed by atoms with E-state index < -0.39 is 0 Å². The van der Waals surface area contributed by atoms with Gasteiger partial charge in [-0.15, -0.1) is 11.3 Å². The van der Waals surface area contributed by atoms with Crippen molar-refractivity contribution in [1.29, 1.82) is 0 Å². The number of hydrazine groups is 1. The minimum Gasteiger partial charge on any atom is -0.303 e. The van der Waals surface area contributed by atoms with Crippen LogP contribution in [0.15, 0.2) is 12.1 Å². The predicted molar refractivity (Wildman–Crippen MR) is 53.2 cm³/mol. The molecule has 0 radical (unpaired) electrons. The van der Waals surface area contributed by atoms with Crippen LogP contribution in [0.5, 0.6) is 0 Å². The van der Waals surface area contributed by atoms with E-state index >= 15 is 0 Å². The average molecular weight is 206 g/mol. The fourth-order valence-electron chi connectivity index (χ4n) is 0.858. The molecule has 1 aromatic heterocycles. The summed E-state index contributed by atoms with van der Waals surface area (Å²) in [5.41, 5.74) is 2.53. The fourth-order valence-corrected chi connectivity index (χ4v) is 1.95. The third kappa shape index (κ3) is 3.51. The Kier molecular flexibility index (Phi) is 4.57. The van der Waals surface area contributed by atoms with E-state index in [1.54, 1.807) is 11.3 Å². The topological polar surface area (TPSA) is 50.1 Å². The van der Waals surface area contributed by atoms with Crippen molar-refractivity contribution in [2.24, 2.45) is 5.84 Å². The maximum atomic E-state index is 5.77. The van der Waals surface area contributed by atoms with Gasteiger partial charge in [0.25, 0.3) is 0 Å². The number of nitrogens with one attached hydrogen (secondary N) is 2. The van der Waals surface area contributed by atoms with Crippen LogP contribution in [0.2, 0.25) is 4.34 Å². The lowest BCUT2D eigenvalue weighted by molar-refractivity contribution is 0.603. The molecule has 68 valence electrons. The second-order valence-electron chi connectivity index (χ2n) is 2.34. The Morgan fingerprint density at radius 1 is 1.50 bits per heavy atom. The van der Waals surface area contributed by atoms with Gasteiger partial charge in [0.05, 0.1) is 11.0 Å². The molecule has 3 nitrogen and oxygen atoms in total. The third-order valence-corrected chi connectivity index (χ3v) is 2.70. The fraction of sp³-hybridized carbons (Fsp3) is 0.429. The number of hydrogen-bond acceptors (Lipinski definition) is 4. The molecular weight excluding hydrogens is 194 g/mol. The summed E-state index contributed by atoms with van der Waals surface area (Å²) in [6, 6.07) is 3.97. The van der Waals surface area contributed by atoms with E-state index in [0.717, 1.165) is 17.3 Å². The molecule has 0 saturated heterocycles. The molecule has 0 aliphatic rings. The number of nitrogens with two attached hydrogens (primary N) is 1. The summed E-state index contributed by atoms with van der Waals surface area (Å²) < 4.78 is 0.849. The molecule has 0 unspecified atom stereocenters. The van der Waals surface area contributed by atoms with Crippen molar-refractivity contribution in [3.05, 3.63) is 21.3 Å². The zero-order chi connectivity index (χ0) is 8.81. The van der Waals surface area contributed by atoms with E-state index in [1.807, 2.05) is 12.1 Å². The van der Waals surface area contributed by atoms with E-state index in [0.29, 0.717) is 6.67 Å². The van der Waals surface area contributed by atoms with Crippen molar-refractivity contribution in [3.63, 3.8) is 0 Å². The molecule has 0 bridgehead atoms. The number of hydrogen-bond donors (Lipinski definition) is 3. The van der Waals surface area contributed by atoms with Crippen LogP contribution in [0.3, 0.4) is 0 Å². The maximum Gasteiger partial charge on any atom is 0.0931 e. The van der Waals surface area contributed by atoms with E-state index in [-0.39, 0.29) is 0 Å². The molecule has 1 heterocycles. The lowest BCUT2D eigenvalue weighted by Crippen LogP contribution is -2.34. The molecule has 0 spiro atoms. The standard InChI is InChI=1S/C7H12ClN3S/c8-7-2-1-6(12-7)3-4-10-5-11-9/h1-2,10-11H,3-5,9H2. The highest BCUT2D eigenvalue weighted by molar-refractivity contribution is 7.16. The maximum absolute atomic E-state index is 5.77. The van der Waals surface area contributed by atoms with Gasteiger partial charge >= 0.3 is 0 Å². The zero-order valence-electron chi connectivity index (χ0n) is 6.64. The Labute approximate surface area is 80.9 Å². The molecule has 1 rings (SSSR count). The van der Waals surface area contributed by atoms with Gasteiger partial charge in [-0.1, -0.05) is 11.6 Å². The van der Waals surface area contributed by atoms with Crippen molar-refractivity contribution in [2.45, 2.75) is 6.42 Å². The minimum absolute atomic E-state index is 0.638. The molecule has 4 N–H and O–H groups in total. The van der Waals surface area contributed by atoms with Gasteiger partial charge in [0.15, 0.2) is 0 Å². The predicted octanol–water partition coefficient (Wildman–Crippen LogP) is 0.954. The first-order valence-corrected chi connectivity index (χ1v) is 4.91. The highest BCUT2D eigenvalue weighted by Gasteiger charge is 1.96. The lowest BCUT2D eigenvalue weighted by atomic mass is 10.3. The largest absolute Gasteiger partial charge is 0.303 e. The summed E-state index contributed by atoms with van der Waals surface area (Å²) in [5, 5.41) is 3.12. The summed E-state index contributed by atoms with van der Waals surface area (Å²) in [5.74, 6) is 5.08. The molecule has 0 atom stereocenters. The van der Waals surface area contributed by atoms with Crippen molar-refractivity contribution in [1.82, 2.24) is 10.7 Å². The normalized spacial score (nSPS) is 10.5. The third-order valence-electron chi connectivity index (χ3n) is 1.40. The Balaban J connectivity index is 2.15. The molecule has 0 saturated carbocycles. The van der Waals surface area contributed by atoms with Crippen LogP contribution in [-0.4, -0.2) is 13.2 Å². The second kappa shape index (κ2) is 5.50. The Morgan fingerprint density at radius 3 is 2.92 bits per heavy atom. The van der Waals surface area contributed by atoms with Crippen molar-refractivity contribution < 1.29 is 0 Å². The van der Waals surface area contributed by atoms with Crippen LogP contribution in [0.4, 0.5) is 0 Å². The molecule has 12 heavy (non-hydrogen) atoms. The van der Waals surface area contributed by atoms with Crippen LogP contribution in [0.25, 0.3) is 0 Å². The molecule has 1 aromatic rings. The summed E-state index contributed by atoms with van der Waals surface area (Å²) in [6.07, 6.45) is 0.999. The molecular formula is C7H12ClN3S. The highest BCUT2D eigenvalue weighted by Crippen LogP contribution is 2.21. The van der Waals surface area contributed by atoms with E-state index in [4.69, 9.17) is 17.4 Å². The van der Waals surface area contributed by atoms with Gasteiger partial charge in [-0.05, 0) is 18.6 Å². The van der Waals surface area contributed by atoms with Gasteiger partial charge in [0.2, 0.25) is 0 Å². The highest BCUT2D eigenvalue weighted by atomic mass is 35.5. The first-order chi connectivity index (χ1) is 5.83. The van der Waals surface area contributed by atoms with Gasteiger partial charge in [0, 0.05) is 11.4 Å². The zero-order valence-corrected chi connectivity index (χ0v) is 8.21. The summed E-state index contributed by atoms with van der Waals surface area (Å²) in [7, 11) is 0. The Morgan fingerprint density at radius 2 is 2.33 bits per heavy atom. The first kappa shape index (κ1) is 9.95. The smallest absolute Gasteiger partial charge is 0.0931 e. The van der Waals surface area contributed by atoms with Gasteiger partial charge in [-0.25, -0.2) is 5.43 Å². The van der Waals surface area contributed by atoms with Crippen LogP contribution < -0.4 is 16.6 Å². The van der Waals surface area contributed by atoms with E-state index in [1.165, 1.54) is 4.88 Å². The lowest BCUT2D eigenvalue weighted by Gasteiger charge is -2.00. The van der Waals surface area contributed by atoms with E-state index in [9.17, 15) is 0 Å². The Bertz CT molecular complexity index is 226. The quantitative estimate of drug-likeness (QED) is 0.291. The second-order valence-corrected chi connectivity index (χ2v) is 4.14. The summed E-state index contributed by atoms with van der Waals surface area (Å²) in [6.45, 7) is 1.56. The SMILES string of the molecule is NNCNCCc1ccc(Cl)s1. The molecule has 0 aliphatic heterocycles. The molecule has 0 fully saturated rings. The van der Waals surface area contributed by atoms with Crippen molar-refractivity contribution >= 4 is 22.9 Å². The van der Waals surface area contributed by atoms with Crippen molar-refractivity contribution in [3.8, 4) is 0 Å². The minimum atomic E-state index is 0.638. The van der Waals surface area contributed by atoms with Crippen molar-refractivity contribution in [2.75, 3.05) is 13.2 Å². The van der Waals surface area contributed by atoms with Gasteiger partial charge in [-0.2, -0.15) is 0 Å². The van der Waals surface area contributed by atoms with Gasteiger partial charge < -0.3 is 5.32 Å². The molecule has 5 heteroatoms. The van der Waals surface area contributed by atoms with Crippen LogP contribution in [0, 0.1) is 0 Å². The molecule has 0 aromatic carbocycles.